The summed E-state index contributed by atoms with van der Waals surface area (Å²) in [6, 6.07) is 7.78. The minimum atomic E-state index is -4.50. The fourth-order valence-electron chi connectivity index (χ4n) is 3.09. The molecule has 1 aromatic heterocycles. The van der Waals surface area contributed by atoms with Gasteiger partial charge in [-0.15, -0.1) is 0 Å². The lowest BCUT2D eigenvalue weighted by molar-refractivity contribution is -0.137. The molecule has 2 aromatic rings. The second-order valence-electron chi connectivity index (χ2n) is 6.59. The van der Waals surface area contributed by atoms with Gasteiger partial charge in [0.1, 0.15) is 11.4 Å². The maximum atomic E-state index is 13.2. The fraction of sp³-hybridized carbons (Fsp3) is 0.316. The van der Waals surface area contributed by atoms with Gasteiger partial charge in [-0.05, 0) is 22.8 Å². The van der Waals surface area contributed by atoms with Gasteiger partial charge in [0.25, 0.3) is 0 Å². The zero-order chi connectivity index (χ0) is 21.2. The summed E-state index contributed by atoms with van der Waals surface area (Å²) in [5.74, 6) is -0.662. The summed E-state index contributed by atoms with van der Waals surface area (Å²) in [6.45, 7) is 0. The first-order valence-corrected chi connectivity index (χ1v) is 10.2. The number of carbonyl (C=O) groups is 1. The third kappa shape index (κ3) is 4.81. The minimum Gasteiger partial charge on any atom is -0.392 e. The molecule has 0 spiro atoms. The molecule has 1 aromatic carbocycles. The number of pyridine rings is 1. The second kappa shape index (κ2) is 8.32. The van der Waals surface area contributed by atoms with E-state index in [2.05, 4.69) is 10.1 Å². The molecule has 2 heterocycles. The van der Waals surface area contributed by atoms with Crippen molar-refractivity contribution < 1.29 is 27.0 Å². The van der Waals surface area contributed by atoms with Crippen LogP contribution in [-0.4, -0.2) is 38.4 Å². The summed E-state index contributed by atoms with van der Waals surface area (Å²) in [4.78, 5) is 20.3. The molecule has 154 valence electrons. The number of hydrogen-bond donors (Lipinski definition) is 1. The van der Waals surface area contributed by atoms with E-state index in [1.165, 1.54) is 18.5 Å². The quantitative estimate of drug-likeness (QED) is 0.770. The molecule has 1 aliphatic heterocycles. The number of rotatable bonds is 6. The van der Waals surface area contributed by atoms with Gasteiger partial charge in [-0.2, -0.15) is 13.2 Å². The first-order chi connectivity index (χ1) is 13.7. The summed E-state index contributed by atoms with van der Waals surface area (Å²) in [7, 11) is -1.42. The molecule has 10 heteroatoms. The van der Waals surface area contributed by atoms with Crippen molar-refractivity contribution in [2.24, 2.45) is 10.9 Å². The average Bonchev–Trinajstić information content (AvgIpc) is 3.14. The van der Waals surface area contributed by atoms with Crippen LogP contribution in [0.5, 0.6) is 0 Å². The van der Waals surface area contributed by atoms with Crippen LogP contribution in [0.1, 0.15) is 24.0 Å². The Labute approximate surface area is 167 Å². The van der Waals surface area contributed by atoms with Crippen LogP contribution in [0, 0.1) is 0 Å². The van der Waals surface area contributed by atoms with E-state index in [4.69, 9.17) is 10.6 Å². The Morgan fingerprint density at radius 2 is 1.93 bits per heavy atom. The molecular formula is C19H18F3N3O3S. The third-order valence-electron chi connectivity index (χ3n) is 4.58. The van der Waals surface area contributed by atoms with Crippen LogP contribution in [0.4, 0.5) is 13.2 Å². The van der Waals surface area contributed by atoms with E-state index in [0.717, 1.165) is 6.20 Å². The molecule has 3 atom stereocenters. The zero-order valence-electron chi connectivity index (χ0n) is 15.3. The smallest absolute Gasteiger partial charge is 0.392 e. The first-order valence-electron chi connectivity index (χ1n) is 8.63. The number of carbonyl (C=O) groups excluding carboxylic acids is 1. The Morgan fingerprint density at radius 1 is 1.28 bits per heavy atom. The molecule has 0 radical (unpaired) electrons. The summed E-state index contributed by atoms with van der Waals surface area (Å²) in [5.41, 5.74) is 6.18. The SMILES string of the molecule is CS(=O)C(CC1CC(c2ccc(-c3ccncc3C(F)(F)F)cc2)=NO1)C(N)=O. The molecule has 0 fully saturated rings. The van der Waals surface area contributed by atoms with Crippen molar-refractivity contribution in [3.8, 4) is 11.1 Å². The summed E-state index contributed by atoms with van der Waals surface area (Å²) in [6.07, 6.45) is -0.878. The van der Waals surface area contributed by atoms with Gasteiger partial charge in [0.15, 0.2) is 0 Å². The van der Waals surface area contributed by atoms with E-state index in [-0.39, 0.29) is 12.0 Å². The molecule has 1 aliphatic rings. The standard InChI is InChI=1S/C19H18F3N3O3S/c1-29(27)17(18(23)26)9-13-8-16(25-28-13)12-4-2-11(3-5-12)14-6-7-24-10-15(14)19(20,21)22/h2-7,10,13,17H,8-9H2,1H3,(H2,23,26). The maximum absolute atomic E-state index is 13.2. The van der Waals surface area contributed by atoms with E-state index >= 15 is 0 Å². The number of alkyl halides is 3. The van der Waals surface area contributed by atoms with Crippen LogP contribution in [0.25, 0.3) is 11.1 Å². The molecule has 3 rings (SSSR count). The molecule has 0 saturated heterocycles. The molecule has 29 heavy (non-hydrogen) atoms. The van der Waals surface area contributed by atoms with Gasteiger partial charge in [-0.25, -0.2) is 0 Å². The van der Waals surface area contributed by atoms with E-state index in [1.807, 2.05) is 0 Å². The Hall–Kier alpha value is -2.75. The second-order valence-corrected chi connectivity index (χ2v) is 8.16. The number of benzene rings is 1. The van der Waals surface area contributed by atoms with Crippen molar-refractivity contribution in [1.82, 2.24) is 4.98 Å². The lowest BCUT2D eigenvalue weighted by Gasteiger charge is -2.14. The topological polar surface area (TPSA) is 94.6 Å². The average molecular weight is 425 g/mol. The van der Waals surface area contributed by atoms with Gasteiger partial charge in [0, 0.05) is 42.3 Å². The Kier molecular flexibility index (Phi) is 6.02. The molecular weight excluding hydrogens is 407 g/mol. The number of amides is 1. The first kappa shape index (κ1) is 21.0. The third-order valence-corrected chi connectivity index (χ3v) is 5.81. The number of oxime groups is 1. The molecule has 1 amide bonds. The summed E-state index contributed by atoms with van der Waals surface area (Å²) in [5, 5.41) is 3.16. The van der Waals surface area contributed by atoms with Crippen LogP contribution in [0.2, 0.25) is 0 Å². The van der Waals surface area contributed by atoms with Gasteiger partial charge in [-0.1, -0.05) is 29.4 Å². The van der Waals surface area contributed by atoms with Crippen molar-refractivity contribution in [2.75, 3.05) is 6.26 Å². The summed E-state index contributed by atoms with van der Waals surface area (Å²) >= 11 is 0. The Bertz CT molecular complexity index is 947. The number of primary amides is 1. The highest BCUT2D eigenvalue weighted by Crippen LogP contribution is 2.36. The highest BCUT2D eigenvalue weighted by molar-refractivity contribution is 7.85. The predicted molar refractivity (Wildman–Crippen MR) is 102 cm³/mol. The number of aromatic nitrogens is 1. The zero-order valence-corrected chi connectivity index (χ0v) is 16.2. The van der Waals surface area contributed by atoms with Crippen molar-refractivity contribution in [3.63, 3.8) is 0 Å². The van der Waals surface area contributed by atoms with E-state index in [1.54, 1.807) is 24.3 Å². The van der Waals surface area contributed by atoms with Crippen LogP contribution < -0.4 is 5.73 Å². The van der Waals surface area contributed by atoms with Crippen LogP contribution >= 0.6 is 0 Å². The Morgan fingerprint density at radius 3 is 2.52 bits per heavy atom. The van der Waals surface area contributed by atoms with Crippen LogP contribution in [-0.2, 0) is 26.6 Å². The van der Waals surface area contributed by atoms with E-state index in [9.17, 15) is 22.2 Å². The number of hydrogen-bond acceptors (Lipinski definition) is 5. The highest BCUT2D eigenvalue weighted by Gasteiger charge is 2.34. The molecule has 0 aliphatic carbocycles. The monoisotopic (exact) mass is 425 g/mol. The molecule has 6 nitrogen and oxygen atoms in total. The number of nitrogens with two attached hydrogens (primary N) is 1. The van der Waals surface area contributed by atoms with Crippen molar-refractivity contribution in [1.29, 1.82) is 0 Å². The highest BCUT2D eigenvalue weighted by atomic mass is 32.2. The molecule has 0 bridgehead atoms. The Balaban J connectivity index is 1.74. The van der Waals surface area contributed by atoms with E-state index < -0.39 is 39.8 Å². The van der Waals surface area contributed by atoms with Gasteiger partial charge in [0.2, 0.25) is 5.91 Å². The van der Waals surface area contributed by atoms with Crippen molar-refractivity contribution in [2.45, 2.75) is 30.4 Å². The van der Waals surface area contributed by atoms with E-state index in [0.29, 0.717) is 23.3 Å². The lowest BCUT2D eigenvalue weighted by atomic mass is 9.97. The number of nitrogens with zero attached hydrogens (tertiary/aromatic N) is 2. The van der Waals surface area contributed by atoms with Gasteiger partial charge < -0.3 is 10.6 Å². The van der Waals surface area contributed by atoms with Gasteiger partial charge in [-0.3, -0.25) is 14.0 Å². The van der Waals surface area contributed by atoms with Crippen LogP contribution in [0.3, 0.4) is 0 Å². The fourth-order valence-corrected chi connectivity index (χ4v) is 3.91. The molecule has 3 unspecified atom stereocenters. The molecule has 2 N–H and O–H groups in total. The summed E-state index contributed by atoms with van der Waals surface area (Å²) < 4.78 is 51.2. The molecule has 0 saturated carbocycles. The van der Waals surface area contributed by atoms with Crippen molar-refractivity contribution >= 4 is 22.4 Å². The van der Waals surface area contributed by atoms with Gasteiger partial charge in [0.05, 0.1) is 11.3 Å². The maximum Gasteiger partial charge on any atom is 0.418 e. The predicted octanol–water partition coefficient (Wildman–Crippen LogP) is 2.88. The lowest BCUT2D eigenvalue weighted by Crippen LogP contribution is -2.35. The van der Waals surface area contributed by atoms with Crippen molar-refractivity contribution in [3.05, 3.63) is 53.9 Å². The largest absolute Gasteiger partial charge is 0.418 e. The minimum absolute atomic E-state index is 0.0382. The van der Waals surface area contributed by atoms with Gasteiger partial charge >= 0.3 is 6.18 Å². The number of halogens is 3. The van der Waals surface area contributed by atoms with Crippen LogP contribution in [0.15, 0.2) is 47.9 Å². The normalized spacial score (nSPS) is 18.6.